The number of carbonyl (C=O) groups is 1. The summed E-state index contributed by atoms with van der Waals surface area (Å²) in [6.07, 6.45) is 3.32. The largest absolute Gasteiger partial charge is 0.463 e. The molecule has 0 saturated heterocycles. The van der Waals surface area contributed by atoms with Crippen LogP contribution >= 0.6 is 0 Å². The van der Waals surface area contributed by atoms with Crippen LogP contribution in [0, 0.1) is 13.8 Å². The highest BCUT2D eigenvalue weighted by molar-refractivity contribution is 5.96. The first kappa shape index (κ1) is 15.0. The summed E-state index contributed by atoms with van der Waals surface area (Å²) in [4.78, 5) is 16.7. The van der Waals surface area contributed by atoms with Crippen LogP contribution in [0.5, 0.6) is 0 Å². The molecule has 3 rings (SSSR count). The minimum absolute atomic E-state index is 0.121. The molecule has 23 heavy (non-hydrogen) atoms. The van der Waals surface area contributed by atoms with E-state index in [1.54, 1.807) is 17.1 Å². The predicted octanol–water partition coefficient (Wildman–Crippen LogP) is 2.62. The van der Waals surface area contributed by atoms with Crippen molar-refractivity contribution in [3.05, 3.63) is 59.2 Å². The van der Waals surface area contributed by atoms with Gasteiger partial charge in [-0.2, -0.15) is 5.10 Å². The van der Waals surface area contributed by atoms with Crippen molar-refractivity contribution in [2.24, 2.45) is 7.05 Å². The van der Waals surface area contributed by atoms with Gasteiger partial charge in [-0.15, -0.1) is 0 Å². The van der Waals surface area contributed by atoms with Crippen LogP contribution < -0.4 is 5.32 Å². The van der Waals surface area contributed by atoms with Gasteiger partial charge in [0.05, 0.1) is 17.5 Å². The van der Waals surface area contributed by atoms with E-state index in [4.69, 9.17) is 4.42 Å². The third-order valence-corrected chi connectivity index (χ3v) is 3.79. The minimum atomic E-state index is -0.121. The van der Waals surface area contributed by atoms with Crippen molar-refractivity contribution < 1.29 is 9.21 Å². The number of carbonyl (C=O) groups excluding carboxylic acids is 1. The van der Waals surface area contributed by atoms with E-state index in [2.05, 4.69) is 15.4 Å². The lowest BCUT2D eigenvalue weighted by Crippen LogP contribution is -2.24. The number of aromatic nitrogens is 3. The van der Waals surface area contributed by atoms with Crippen LogP contribution in [0.3, 0.4) is 0 Å². The Hall–Kier alpha value is -2.89. The number of nitrogens with one attached hydrogen (secondary N) is 1. The van der Waals surface area contributed by atoms with Crippen molar-refractivity contribution in [2.75, 3.05) is 0 Å². The third-order valence-electron chi connectivity index (χ3n) is 3.79. The fraction of sp³-hybridized carbons (Fsp3) is 0.235. The van der Waals surface area contributed by atoms with E-state index >= 15 is 0 Å². The van der Waals surface area contributed by atoms with Gasteiger partial charge in [0.25, 0.3) is 5.91 Å². The van der Waals surface area contributed by atoms with Gasteiger partial charge in [-0.25, -0.2) is 0 Å². The second kappa shape index (κ2) is 6.08. The SMILES string of the molecule is Cc1nn(C)c(C)c1C(=O)NCc1ccnc(-c2ccco2)c1. The molecule has 0 spiro atoms. The number of hydrogen-bond donors (Lipinski definition) is 1. The lowest BCUT2D eigenvalue weighted by Gasteiger charge is -2.07. The number of nitrogens with zero attached hydrogens (tertiary/aromatic N) is 3. The molecule has 0 unspecified atom stereocenters. The molecule has 0 radical (unpaired) electrons. The number of amides is 1. The molecule has 3 heterocycles. The zero-order valence-electron chi connectivity index (χ0n) is 13.3. The third kappa shape index (κ3) is 3.01. The second-order valence-electron chi connectivity index (χ2n) is 5.38. The van der Waals surface area contributed by atoms with E-state index in [0.29, 0.717) is 17.9 Å². The lowest BCUT2D eigenvalue weighted by atomic mass is 10.1. The maximum Gasteiger partial charge on any atom is 0.255 e. The lowest BCUT2D eigenvalue weighted by molar-refractivity contribution is 0.0949. The van der Waals surface area contributed by atoms with Gasteiger partial charge in [-0.1, -0.05) is 0 Å². The number of pyridine rings is 1. The Labute approximate surface area is 134 Å². The van der Waals surface area contributed by atoms with Gasteiger partial charge in [0.15, 0.2) is 5.76 Å². The highest BCUT2D eigenvalue weighted by Crippen LogP contribution is 2.18. The molecule has 6 heteroatoms. The molecule has 0 aliphatic rings. The van der Waals surface area contributed by atoms with Crippen molar-refractivity contribution in [3.8, 4) is 11.5 Å². The van der Waals surface area contributed by atoms with Crippen LogP contribution in [-0.4, -0.2) is 20.7 Å². The maximum atomic E-state index is 12.4. The molecule has 118 valence electrons. The van der Waals surface area contributed by atoms with E-state index in [1.807, 2.05) is 45.2 Å². The molecule has 0 aliphatic heterocycles. The Bertz CT molecular complexity index is 834. The topological polar surface area (TPSA) is 73.0 Å². The first-order chi connectivity index (χ1) is 11.1. The van der Waals surface area contributed by atoms with Crippen molar-refractivity contribution in [1.29, 1.82) is 0 Å². The van der Waals surface area contributed by atoms with Gasteiger partial charge in [-0.3, -0.25) is 14.5 Å². The molecule has 3 aromatic rings. The normalized spacial score (nSPS) is 10.7. The van der Waals surface area contributed by atoms with Gasteiger partial charge < -0.3 is 9.73 Å². The highest BCUT2D eigenvalue weighted by Gasteiger charge is 2.17. The van der Waals surface area contributed by atoms with Crippen LogP contribution in [-0.2, 0) is 13.6 Å². The monoisotopic (exact) mass is 310 g/mol. The quantitative estimate of drug-likeness (QED) is 0.804. The summed E-state index contributed by atoms with van der Waals surface area (Å²) in [5.41, 5.74) is 3.92. The van der Waals surface area contributed by atoms with E-state index in [9.17, 15) is 4.79 Å². The van der Waals surface area contributed by atoms with E-state index in [-0.39, 0.29) is 5.91 Å². The molecule has 0 atom stereocenters. The molecule has 1 amide bonds. The molecule has 0 aliphatic carbocycles. The van der Waals surface area contributed by atoms with Crippen LogP contribution in [0.4, 0.5) is 0 Å². The van der Waals surface area contributed by atoms with Gasteiger partial charge in [0.1, 0.15) is 5.69 Å². The van der Waals surface area contributed by atoms with E-state index in [1.165, 1.54) is 0 Å². The molecule has 3 aromatic heterocycles. The summed E-state index contributed by atoms with van der Waals surface area (Å²) >= 11 is 0. The fourth-order valence-electron chi connectivity index (χ4n) is 2.52. The second-order valence-corrected chi connectivity index (χ2v) is 5.38. The number of aryl methyl sites for hydroxylation is 2. The summed E-state index contributed by atoms with van der Waals surface area (Å²) in [5.74, 6) is 0.585. The van der Waals surface area contributed by atoms with E-state index in [0.717, 1.165) is 22.6 Å². The summed E-state index contributed by atoms with van der Waals surface area (Å²) in [5, 5.41) is 7.20. The standard InChI is InChI=1S/C17H18N4O2/c1-11-16(12(2)21(3)20-11)17(22)19-10-13-6-7-18-14(9-13)15-5-4-8-23-15/h4-9H,10H2,1-3H3,(H,19,22). The highest BCUT2D eigenvalue weighted by atomic mass is 16.3. The summed E-state index contributed by atoms with van der Waals surface area (Å²) in [6, 6.07) is 7.45. The Morgan fingerprint density at radius 3 is 2.83 bits per heavy atom. The molecule has 0 bridgehead atoms. The van der Waals surface area contributed by atoms with Crippen LogP contribution in [0.15, 0.2) is 41.1 Å². The van der Waals surface area contributed by atoms with Crippen molar-refractivity contribution >= 4 is 5.91 Å². The fourth-order valence-corrected chi connectivity index (χ4v) is 2.52. The summed E-state index contributed by atoms with van der Waals surface area (Å²) < 4.78 is 7.06. The van der Waals surface area contributed by atoms with E-state index < -0.39 is 0 Å². The molecule has 0 fully saturated rings. The molecule has 0 saturated carbocycles. The molecule has 0 aromatic carbocycles. The van der Waals surface area contributed by atoms with Crippen LogP contribution in [0.1, 0.15) is 27.3 Å². The van der Waals surface area contributed by atoms with Gasteiger partial charge in [-0.05, 0) is 43.7 Å². The zero-order chi connectivity index (χ0) is 16.4. The van der Waals surface area contributed by atoms with Crippen LogP contribution in [0.25, 0.3) is 11.5 Å². The Morgan fingerprint density at radius 2 is 2.17 bits per heavy atom. The van der Waals surface area contributed by atoms with Crippen molar-refractivity contribution in [1.82, 2.24) is 20.1 Å². The Kier molecular flexibility index (Phi) is 3.97. The Balaban J connectivity index is 1.73. The summed E-state index contributed by atoms with van der Waals surface area (Å²) in [6.45, 7) is 4.14. The van der Waals surface area contributed by atoms with Gasteiger partial charge in [0.2, 0.25) is 0 Å². The average Bonchev–Trinajstić information content (AvgIpc) is 3.15. The smallest absolute Gasteiger partial charge is 0.255 e. The van der Waals surface area contributed by atoms with Crippen molar-refractivity contribution in [2.45, 2.75) is 20.4 Å². The average molecular weight is 310 g/mol. The van der Waals surface area contributed by atoms with Crippen LogP contribution in [0.2, 0.25) is 0 Å². The Morgan fingerprint density at radius 1 is 1.35 bits per heavy atom. The molecular weight excluding hydrogens is 292 g/mol. The first-order valence-electron chi connectivity index (χ1n) is 7.33. The molecule has 6 nitrogen and oxygen atoms in total. The summed E-state index contributed by atoms with van der Waals surface area (Å²) in [7, 11) is 1.83. The van der Waals surface area contributed by atoms with Gasteiger partial charge >= 0.3 is 0 Å². The number of furan rings is 1. The first-order valence-corrected chi connectivity index (χ1v) is 7.33. The van der Waals surface area contributed by atoms with Crippen molar-refractivity contribution in [3.63, 3.8) is 0 Å². The maximum absolute atomic E-state index is 12.4. The number of hydrogen-bond acceptors (Lipinski definition) is 4. The van der Waals surface area contributed by atoms with Gasteiger partial charge in [0, 0.05) is 25.5 Å². The minimum Gasteiger partial charge on any atom is -0.463 e. The zero-order valence-corrected chi connectivity index (χ0v) is 13.3. The molecule has 1 N–H and O–H groups in total. The predicted molar refractivity (Wildman–Crippen MR) is 85.8 cm³/mol. The molecular formula is C17H18N4O2. The number of rotatable bonds is 4.